The van der Waals surface area contributed by atoms with Crippen LogP contribution in [0.2, 0.25) is 0 Å². The number of carbonyl (C=O) groups is 1. The highest BCUT2D eigenvalue weighted by Crippen LogP contribution is 2.38. The molecule has 3 rings (SSSR count). The molecule has 1 N–H and O–H groups in total. The van der Waals surface area contributed by atoms with Gasteiger partial charge in [-0.3, -0.25) is 4.79 Å². The van der Waals surface area contributed by atoms with E-state index in [0.717, 1.165) is 5.56 Å². The molecule has 2 saturated heterocycles. The lowest BCUT2D eigenvalue weighted by atomic mass is 9.79. The first-order valence-corrected chi connectivity index (χ1v) is 7.73. The van der Waals surface area contributed by atoms with E-state index >= 15 is 0 Å². The summed E-state index contributed by atoms with van der Waals surface area (Å²) in [5.41, 5.74) is 1.07. The summed E-state index contributed by atoms with van der Waals surface area (Å²) in [6, 6.07) is 9.72. The Labute approximate surface area is 130 Å². The second kappa shape index (κ2) is 5.65. The first-order chi connectivity index (χ1) is 10.4. The summed E-state index contributed by atoms with van der Waals surface area (Å²) >= 11 is 0. The van der Waals surface area contributed by atoms with Crippen LogP contribution >= 0.6 is 0 Å². The molecular weight excluding hydrogens is 282 g/mol. The van der Waals surface area contributed by atoms with Gasteiger partial charge in [0.25, 0.3) is 0 Å². The zero-order chi connectivity index (χ0) is 15.9. The highest BCUT2D eigenvalue weighted by Gasteiger charge is 2.56. The average Bonchev–Trinajstić information content (AvgIpc) is 2.82. The number of likely N-dealkylation sites (tertiary alicyclic amines) is 1. The topological polar surface area (TPSA) is 59.0 Å². The van der Waals surface area contributed by atoms with Gasteiger partial charge in [-0.15, -0.1) is 0 Å². The number of β-lactam (4-membered cyclic amide) rings is 1. The van der Waals surface area contributed by atoms with E-state index in [4.69, 9.17) is 9.47 Å². The first kappa shape index (κ1) is 15.5. The third kappa shape index (κ3) is 2.76. The standard InChI is InChI=1S/C17H23NO4/c1-11(19)14-15(13-10-21-17(2,3)22-13)18(16(14)20)9-12-7-5-4-6-8-12/h4-8,11,13-15,19H,9-10H2,1-3H3/t11-,13-,14-,15-/m1/s1. The molecule has 0 bridgehead atoms. The van der Waals surface area contributed by atoms with Crippen molar-refractivity contribution >= 4 is 5.91 Å². The van der Waals surface area contributed by atoms with E-state index < -0.39 is 17.8 Å². The van der Waals surface area contributed by atoms with Crippen LogP contribution in [0.4, 0.5) is 0 Å². The van der Waals surface area contributed by atoms with Crippen molar-refractivity contribution in [2.45, 2.75) is 51.4 Å². The maximum Gasteiger partial charge on any atom is 0.231 e. The lowest BCUT2D eigenvalue weighted by Crippen LogP contribution is -2.68. The SMILES string of the molecule is C[C@@H](O)[C@H]1C(=O)N(Cc2ccccc2)[C@@H]1[C@H]1COC(C)(C)O1. The zero-order valence-corrected chi connectivity index (χ0v) is 13.2. The van der Waals surface area contributed by atoms with Crippen LogP contribution in [0.15, 0.2) is 30.3 Å². The van der Waals surface area contributed by atoms with Crippen molar-refractivity contribution in [3.8, 4) is 0 Å². The first-order valence-electron chi connectivity index (χ1n) is 7.73. The minimum Gasteiger partial charge on any atom is -0.393 e. The van der Waals surface area contributed by atoms with E-state index in [1.807, 2.05) is 44.2 Å². The number of hydrogen-bond acceptors (Lipinski definition) is 4. The predicted molar refractivity (Wildman–Crippen MR) is 80.9 cm³/mol. The van der Waals surface area contributed by atoms with Crippen molar-refractivity contribution < 1.29 is 19.4 Å². The number of nitrogens with zero attached hydrogens (tertiary/aromatic N) is 1. The van der Waals surface area contributed by atoms with Gasteiger partial charge in [0, 0.05) is 6.54 Å². The van der Waals surface area contributed by atoms with Gasteiger partial charge < -0.3 is 19.5 Å². The molecule has 1 amide bonds. The van der Waals surface area contributed by atoms with Crippen LogP contribution in [0.25, 0.3) is 0 Å². The number of amides is 1. The third-order valence-electron chi connectivity index (χ3n) is 4.42. The number of hydrogen-bond donors (Lipinski definition) is 1. The minimum atomic E-state index is -0.683. The van der Waals surface area contributed by atoms with Gasteiger partial charge in [0.1, 0.15) is 6.10 Å². The van der Waals surface area contributed by atoms with Crippen LogP contribution in [0.1, 0.15) is 26.3 Å². The van der Waals surface area contributed by atoms with Crippen LogP contribution in [-0.2, 0) is 20.8 Å². The molecule has 0 unspecified atom stereocenters. The van der Waals surface area contributed by atoms with Gasteiger partial charge in [0.15, 0.2) is 5.79 Å². The molecule has 0 saturated carbocycles. The predicted octanol–water partition coefficient (Wildman–Crippen LogP) is 1.55. The molecule has 0 radical (unpaired) electrons. The Kier molecular flexibility index (Phi) is 3.97. The maximum absolute atomic E-state index is 12.4. The normalized spacial score (nSPS) is 31.9. The van der Waals surface area contributed by atoms with E-state index in [9.17, 15) is 9.90 Å². The highest BCUT2D eigenvalue weighted by atomic mass is 16.7. The molecule has 4 atom stereocenters. The van der Waals surface area contributed by atoms with Crippen LogP contribution in [0.5, 0.6) is 0 Å². The average molecular weight is 305 g/mol. The van der Waals surface area contributed by atoms with Gasteiger partial charge in [0.2, 0.25) is 5.91 Å². The Balaban J connectivity index is 1.78. The third-order valence-corrected chi connectivity index (χ3v) is 4.42. The van der Waals surface area contributed by atoms with Crippen molar-refractivity contribution in [1.82, 2.24) is 4.90 Å². The van der Waals surface area contributed by atoms with Crippen molar-refractivity contribution in [3.05, 3.63) is 35.9 Å². The summed E-state index contributed by atoms with van der Waals surface area (Å²) in [5, 5.41) is 9.94. The highest BCUT2D eigenvalue weighted by molar-refractivity contribution is 5.87. The lowest BCUT2D eigenvalue weighted by Gasteiger charge is -2.50. The molecule has 0 aliphatic carbocycles. The summed E-state index contributed by atoms with van der Waals surface area (Å²) in [6.07, 6.45) is -0.882. The molecule has 5 nitrogen and oxygen atoms in total. The van der Waals surface area contributed by atoms with Crippen molar-refractivity contribution in [1.29, 1.82) is 0 Å². The molecule has 5 heteroatoms. The Morgan fingerprint density at radius 3 is 2.59 bits per heavy atom. The quantitative estimate of drug-likeness (QED) is 0.857. The molecule has 2 fully saturated rings. The van der Waals surface area contributed by atoms with Crippen LogP contribution in [0.3, 0.4) is 0 Å². The molecule has 2 aliphatic rings. The van der Waals surface area contributed by atoms with Gasteiger partial charge in [-0.1, -0.05) is 30.3 Å². The fraction of sp³-hybridized carbons (Fsp3) is 0.588. The van der Waals surface area contributed by atoms with E-state index in [-0.39, 0.29) is 18.1 Å². The van der Waals surface area contributed by atoms with E-state index in [1.54, 1.807) is 11.8 Å². The fourth-order valence-corrected chi connectivity index (χ4v) is 3.37. The largest absolute Gasteiger partial charge is 0.393 e. The number of aliphatic hydroxyl groups excluding tert-OH is 1. The van der Waals surface area contributed by atoms with Gasteiger partial charge in [0.05, 0.1) is 24.7 Å². The van der Waals surface area contributed by atoms with Crippen LogP contribution < -0.4 is 0 Å². The maximum atomic E-state index is 12.4. The van der Waals surface area contributed by atoms with E-state index in [1.165, 1.54) is 0 Å². The Hall–Kier alpha value is -1.43. The van der Waals surface area contributed by atoms with Crippen molar-refractivity contribution in [2.24, 2.45) is 5.92 Å². The van der Waals surface area contributed by atoms with Gasteiger partial charge in [-0.2, -0.15) is 0 Å². The monoisotopic (exact) mass is 305 g/mol. The zero-order valence-electron chi connectivity index (χ0n) is 13.2. The summed E-state index contributed by atoms with van der Waals surface area (Å²) in [5.74, 6) is -1.06. The number of carbonyl (C=O) groups excluding carboxylic acids is 1. The second-order valence-electron chi connectivity index (χ2n) is 6.58. The molecule has 22 heavy (non-hydrogen) atoms. The number of aliphatic hydroxyl groups is 1. The molecule has 120 valence electrons. The van der Waals surface area contributed by atoms with Gasteiger partial charge >= 0.3 is 0 Å². The summed E-state index contributed by atoms with van der Waals surface area (Å²) in [6.45, 7) is 6.38. The molecule has 0 spiro atoms. The smallest absolute Gasteiger partial charge is 0.231 e. The molecule has 0 aromatic heterocycles. The molecule has 2 aliphatic heterocycles. The minimum absolute atomic E-state index is 0.0165. The number of rotatable bonds is 4. The van der Waals surface area contributed by atoms with Gasteiger partial charge in [-0.05, 0) is 26.3 Å². The summed E-state index contributed by atoms with van der Waals surface area (Å²) in [7, 11) is 0. The van der Waals surface area contributed by atoms with Gasteiger partial charge in [-0.25, -0.2) is 0 Å². The lowest BCUT2D eigenvalue weighted by molar-refractivity contribution is -0.188. The van der Waals surface area contributed by atoms with Crippen LogP contribution in [-0.4, -0.2) is 46.6 Å². The number of benzene rings is 1. The molecule has 1 aromatic carbocycles. The molecule has 1 aromatic rings. The van der Waals surface area contributed by atoms with E-state index in [2.05, 4.69) is 0 Å². The van der Waals surface area contributed by atoms with Crippen LogP contribution in [0, 0.1) is 5.92 Å². The van der Waals surface area contributed by atoms with Crippen molar-refractivity contribution in [2.75, 3.05) is 6.61 Å². The summed E-state index contributed by atoms with van der Waals surface area (Å²) in [4.78, 5) is 14.2. The Morgan fingerprint density at radius 2 is 2.05 bits per heavy atom. The fourth-order valence-electron chi connectivity index (χ4n) is 3.37. The van der Waals surface area contributed by atoms with Crippen molar-refractivity contribution in [3.63, 3.8) is 0 Å². The summed E-state index contributed by atoms with van der Waals surface area (Å²) < 4.78 is 11.6. The Bertz CT molecular complexity index is 543. The van der Waals surface area contributed by atoms with E-state index in [0.29, 0.717) is 13.2 Å². The Morgan fingerprint density at radius 1 is 1.36 bits per heavy atom. The molecule has 2 heterocycles. The molecular formula is C17H23NO4. The number of ether oxygens (including phenoxy) is 2. The second-order valence-corrected chi connectivity index (χ2v) is 6.58.